The van der Waals surface area contributed by atoms with Crippen molar-refractivity contribution < 1.29 is 17.6 Å². The summed E-state index contributed by atoms with van der Waals surface area (Å²) in [4.78, 5) is 11.3. The van der Waals surface area contributed by atoms with E-state index < -0.39 is 15.9 Å². The van der Waals surface area contributed by atoms with Crippen LogP contribution in [0.3, 0.4) is 0 Å². The van der Waals surface area contributed by atoms with Gasteiger partial charge >= 0.3 is 0 Å². The molecule has 0 bridgehead atoms. The van der Waals surface area contributed by atoms with Crippen LogP contribution < -0.4 is 5.32 Å². The summed E-state index contributed by atoms with van der Waals surface area (Å²) in [6.45, 7) is 1.02. The van der Waals surface area contributed by atoms with Crippen LogP contribution in [0.4, 0.5) is 0 Å². The quantitative estimate of drug-likeness (QED) is 0.852. The third kappa shape index (κ3) is 2.20. The topological polar surface area (TPSA) is 79.6 Å². The Balaban J connectivity index is 2.27. The molecule has 6 nitrogen and oxygen atoms in total. The fourth-order valence-corrected chi connectivity index (χ4v) is 3.19. The lowest BCUT2D eigenvalue weighted by molar-refractivity contribution is 0.0930. The van der Waals surface area contributed by atoms with Crippen molar-refractivity contribution in [2.45, 2.75) is 17.9 Å². The van der Waals surface area contributed by atoms with Gasteiger partial charge in [0.05, 0.1) is 0 Å². The van der Waals surface area contributed by atoms with Crippen LogP contribution in [0.5, 0.6) is 0 Å². The van der Waals surface area contributed by atoms with Gasteiger partial charge in [-0.05, 0) is 25.0 Å². The second kappa shape index (κ2) is 4.50. The molecule has 1 aliphatic heterocycles. The zero-order valence-corrected chi connectivity index (χ0v) is 10.3. The van der Waals surface area contributed by atoms with Crippen LogP contribution in [-0.4, -0.2) is 38.8 Å². The third-order valence-corrected chi connectivity index (χ3v) is 4.46. The Kier molecular flexibility index (Phi) is 3.21. The molecule has 0 aromatic carbocycles. The summed E-state index contributed by atoms with van der Waals surface area (Å²) < 4.78 is 30.6. The first-order valence-corrected chi connectivity index (χ1v) is 6.82. The molecule has 1 amide bonds. The first-order valence-electron chi connectivity index (χ1n) is 5.38. The molecule has 1 aromatic rings. The van der Waals surface area contributed by atoms with E-state index in [0.717, 1.165) is 12.8 Å². The Bertz CT molecular complexity index is 514. The normalized spacial score (nSPS) is 17.2. The van der Waals surface area contributed by atoms with Gasteiger partial charge in [-0.25, -0.2) is 8.42 Å². The van der Waals surface area contributed by atoms with E-state index in [1.807, 2.05) is 0 Å². The van der Waals surface area contributed by atoms with Gasteiger partial charge in [0.25, 0.3) is 15.9 Å². The van der Waals surface area contributed by atoms with E-state index in [9.17, 15) is 13.2 Å². The minimum absolute atomic E-state index is 0.00488. The minimum atomic E-state index is -3.57. The average molecular weight is 258 g/mol. The summed E-state index contributed by atoms with van der Waals surface area (Å²) in [5.41, 5.74) is 0. The highest BCUT2D eigenvalue weighted by Gasteiger charge is 2.30. The first-order chi connectivity index (χ1) is 8.05. The summed E-state index contributed by atoms with van der Waals surface area (Å²) in [5, 5.41) is 2.21. The van der Waals surface area contributed by atoms with Crippen LogP contribution in [0.25, 0.3) is 0 Å². The average Bonchev–Trinajstić information content (AvgIpc) is 2.98. The standard InChI is InChI=1S/C10H14N2O4S/c1-11-10(13)8-4-5-9(16-8)17(14,15)12-6-2-3-7-12/h4-5H,2-3,6-7H2,1H3,(H,11,13). The van der Waals surface area contributed by atoms with Gasteiger partial charge < -0.3 is 9.73 Å². The Labute approximate surface area is 99.6 Å². The number of carbonyl (C=O) groups excluding carboxylic acids is 1. The molecule has 17 heavy (non-hydrogen) atoms. The van der Waals surface area contributed by atoms with Gasteiger partial charge in [0, 0.05) is 20.1 Å². The first kappa shape index (κ1) is 12.1. The molecule has 7 heteroatoms. The molecule has 0 atom stereocenters. The highest BCUT2D eigenvalue weighted by Crippen LogP contribution is 2.22. The fraction of sp³-hybridized carbons (Fsp3) is 0.500. The molecular weight excluding hydrogens is 244 g/mol. The number of nitrogens with zero attached hydrogens (tertiary/aromatic N) is 1. The molecule has 1 aliphatic rings. The number of rotatable bonds is 3. The molecule has 1 saturated heterocycles. The molecule has 0 radical (unpaired) electrons. The molecule has 2 rings (SSSR count). The van der Waals surface area contributed by atoms with E-state index in [2.05, 4.69) is 5.32 Å². The van der Waals surface area contributed by atoms with E-state index in [4.69, 9.17) is 4.42 Å². The smallest absolute Gasteiger partial charge is 0.286 e. The molecule has 0 saturated carbocycles. The van der Waals surface area contributed by atoms with Crippen LogP contribution >= 0.6 is 0 Å². The van der Waals surface area contributed by atoms with Crippen molar-refractivity contribution in [3.63, 3.8) is 0 Å². The summed E-state index contributed by atoms with van der Waals surface area (Å²) in [5.74, 6) is -0.432. The number of hydrogen-bond donors (Lipinski definition) is 1. The van der Waals surface area contributed by atoms with Crippen molar-refractivity contribution >= 4 is 15.9 Å². The number of amides is 1. The van der Waals surface area contributed by atoms with E-state index in [1.165, 1.54) is 23.5 Å². The van der Waals surface area contributed by atoms with Gasteiger partial charge in [-0.2, -0.15) is 4.31 Å². The lowest BCUT2D eigenvalue weighted by Gasteiger charge is -2.12. The second-order valence-electron chi connectivity index (χ2n) is 3.81. The van der Waals surface area contributed by atoms with Gasteiger partial charge in [0.1, 0.15) is 0 Å². The maximum atomic E-state index is 12.1. The summed E-state index contributed by atoms with van der Waals surface area (Å²) in [7, 11) is -2.12. The molecule has 1 N–H and O–H groups in total. The Morgan fingerprint density at radius 3 is 2.59 bits per heavy atom. The predicted octanol–water partition coefficient (Wildman–Crippen LogP) is 0.424. The number of carbonyl (C=O) groups is 1. The number of nitrogens with one attached hydrogen (secondary N) is 1. The molecular formula is C10H14N2O4S. The molecule has 94 valence electrons. The highest BCUT2D eigenvalue weighted by atomic mass is 32.2. The summed E-state index contributed by atoms with van der Waals surface area (Å²) >= 11 is 0. The van der Waals surface area contributed by atoms with Crippen LogP contribution in [0.15, 0.2) is 21.6 Å². The zero-order chi connectivity index (χ0) is 12.5. The van der Waals surface area contributed by atoms with E-state index in [1.54, 1.807) is 0 Å². The SMILES string of the molecule is CNC(=O)c1ccc(S(=O)(=O)N2CCCC2)o1. The Morgan fingerprint density at radius 2 is 2.00 bits per heavy atom. The number of furan rings is 1. The lowest BCUT2D eigenvalue weighted by Crippen LogP contribution is -2.27. The second-order valence-corrected chi connectivity index (χ2v) is 5.68. The molecule has 0 aliphatic carbocycles. The van der Waals surface area contributed by atoms with Crippen molar-refractivity contribution in [2.24, 2.45) is 0 Å². The van der Waals surface area contributed by atoms with Crippen molar-refractivity contribution in [1.82, 2.24) is 9.62 Å². The number of sulfonamides is 1. The maximum absolute atomic E-state index is 12.1. The predicted molar refractivity (Wildman–Crippen MR) is 60.1 cm³/mol. The fourth-order valence-electron chi connectivity index (χ4n) is 1.76. The summed E-state index contributed by atoms with van der Waals surface area (Å²) in [6.07, 6.45) is 1.73. The van der Waals surface area contributed by atoms with Gasteiger partial charge in [0.2, 0.25) is 5.09 Å². The van der Waals surface area contributed by atoms with Crippen molar-refractivity contribution in [3.05, 3.63) is 17.9 Å². The van der Waals surface area contributed by atoms with Crippen molar-refractivity contribution in [2.75, 3.05) is 20.1 Å². The minimum Gasteiger partial charge on any atom is -0.438 e. The summed E-state index contributed by atoms with van der Waals surface area (Å²) in [6, 6.07) is 2.68. The van der Waals surface area contributed by atoms with Crippen LogP contribution in [0.2, 0.25) is 0 Å². The van der Waals surface area contributed by atoms with Crippen LogP contribution in [0, 0.1) is 0 Å². The molecule has 0 unspecified atom stereocenters. The van der Waals surface area contributed by atoms with E-state index in [-0.39, 0.29) is 10.9 Å². The van der Waals surface area contributed by atoms with Crippen LogP contribution in [-0.2, 0) is 10.0 Å². The lowest BCUT2D eigenvalue weighted by atomic mass is 10.4. The largest absolute Gasteiger partial charge is 0.438 e. The molecule has 0 spiro atoms. The van der Waals surface area contributed by atoms with Crippen molar-refractivity contribution in [3.8, 4) is 0 Å². The Hall–Kier alpha value is -1.34. The zero-order valence-electron chi connectivity index (χ0n) is 9.47. The van der Waals surface area contributed by atoms with Gasteiger partial charge in [0.15, 0.2) is 5.76 Å². The van der Waals surface area contributed by atoms with Crippen LogP contribution in [0.1, 0.15) is 23.4 Å². The van der Waals surface area contributed by atoms with Gasteiger partial charge in [-0.1, -0.05) is 0 Å². The molecule has 2 heterocycles. The molecule has 1 aromatic heterocycles. The number of hydrogen-bond acceptors (Lipinski definition) is 4. The third-order valence-electron chi connectivity index (χ3n) is 2.69. The van der Waals surface area contributed by atoms with E-state index in [0.29, 0.717) is 13.1 Å². The van der Waals surface area contributed by atoms with Crippen molar-refractivity contribution in [1.29, 1.82) is 0 Å². The Morgan fingerprint density at radius 1 is 1.35 bits per heavy atom. The van der Waals surface area contributed by atoms with Gasteiger partial charge in [-0.3, -0.25) is 4.79 Å². The molecule has 1 fully saturated rings. The highest BCUT2D eigenvalue weighted by molar-refractivity contribution is 7.89. The maximum Gasteiger partial charge on any atom is 0.286 e. The monoisotopic (exact) mass is 258 g/mol. The van der Waals surface area contributed by atoms with Gasteiger partial charge in [-0.15, -0.1) is 0 Å². The van der Waals surface area contributed by atoms with E-state index >= 15 is 0 Å².